The van der Waals surface area contributed by atoms with Crippen LogP contribution < -0.4 is 4.74 Å². The molecular formula is C15H21N3O3. The van der Waals surface area contributed by atoms with E-state index in [2.05, 4.69) is 10.3 Å². The maximum Gasteiger partial charge on any atom is 0.204 e. The first-order valence-electron chi connectivity index (χ1n) is 7.03. The average molecular weight is 291 g/mol. The number of rotatable bonds is 8. The SMILES string of the molecule is CCOC(OCC)c1cn(Cc2cccc(OC)c2)nn1. The minimum absolute atomic E-state index is 0.459. The van der Waals surface area contributed by atoms with Gasteiger partial charge in [-0.3, -0.25) is 0 Å². The van der Waals surface area contributed by atoms with E-state index in [0.717, 1.165) is 11.3 Å². The molecule has 1 aromatic carbocycles. The van der Waals surface area contributed by atoms with E-state index in [0.29, 0.717) is 25.5 Å². The molecule has 2 aromatic rings. The van der Waals surface area contributed by atoms with Gasteiger partial charge in [-0.2, -0.15) is 0 Å². The number of hydrogen-bond donors (Lipinski definition) is 0. The summed E-state index contributed by atoms with van der Waals surface area (Å²) in [5.41, 5.74) is 1.77. The van der Waals surface area contributed by atoms with Gasteiger partial charge in [0.2, 0.25) is 6.29 Å². The Morgan fingerprint density at radius 3 is 2.62 bits per heavy atom. The third kappa shape index (κ3) is 4.27. The Kier molecular flexibility index (Phi) is 5.71. The van der Waals surface area contributed by atoms with Gasteiger partial charge in [-0.25, -0.2) is 4.68 Å². The molecule has 0 saturated heterocycles. The van der Waals surface area contributed by atoms with Crippen LogP contribution in [0.5, 0.6) is 5.75 Å². The van der Waals surface area contributed by atoms with E-state index in [1.165, 1.54) is 0 Å². The van der Waals surface area contributed by atoms with Gasteiger partial charge in [0.05, 0.1) is 19.9 Å². The van der Waals surface area contributed by atoms with Crippen molar-refractivity contribution in [1.29, 1.82) is 0 Å². The van der Waals surface area contributed by atoms with Crippen LogP contribution >= 0.6 is 0 Å². The first-order valence-corrected chi connectivity index (χ1v) is 7.03. The van der Waals surface area contributed by atoms with Gasteiger partial charge in [-0.15, -0.1) is 5.10 Å². The molecule has 0 unspecified atom stereocenters. The largest absolute Gasteiger partial charge is 0.497 e. The van der Waals surface area contributed by atoms with Crippen molar-refractivity contribution in [3.05, 3.63) is 41.7 Å². The summed E-state index contributed by atoms with van der Waals surface area (Å²) in [6.07, 6.45) is 1.38. The van der Waals surface area contributed by atoms with Gasteiger partial charge in [0, 0.05) is 13.2 Å². The van der Waals surface area contributed by atoms with Gasteiger partial charge in [0.1, 0.15) is 11.4 Å². The third-order valence-electron chi connectivity index (χ3n) is 2.91. The first-order chi connectivity index (χ1) is 10.3. The molecule has 0 amide bonds. The van der Waals surface area contributed by atoms with Crippen LogP contribution in [-0.4, -0.2) is 35.3 Å². The molecule has 1 aromatic heterocycles. The lowest BCUT2D eigenvalue weighted by atomic mass is 10.2. The molecule has 0 aliphatic rings. The Bertz CT molecular complexity index is 551. The molecule has 0 N–H and O–H groups in total. The van der Waals surface area contributed by atoms with Gasteiger partial charge in [-0.05, 0) is 31.5 Å². The summed E-state index contributed by atoms with van der Waals surface area (Å²) >= 11 is 0. The molecule has 21 heavy (non-hydrogen) atoms. The van der Waals surface area contributed by atoms with Crippen LogP contribution in [0.1, 0.15) is 31.4 Å². The molecular weight excluding hydrogens is 270 g/mol. The van der Waals surface area contributed by atoms with E-state index >= 15 is 0 Å². The van der Waals surface area contributed by atoms with Crippen molar-refractivity contribution in [2.45, 2.75) is 26.7 Å². The van der Waals surface area contributed by atoms with E-state index in [9.17, 15) is 0 Å². The molecule has 0 aliphatic carbocycles. The zero-order valence-corrected chi connectivity index (χ0v) is 12.7. The quantitative estimate of drug-likeness (QED) is 0.699. The number of benzene rings is 1. The second-order valence-corrected chi connectivity index (χ2v) is 4.44. The van der Waals surface area contributed by atoms with E-state index < -0.39 is 6.29 Å². The molecule has 0 spiro atoms. The minimum Gasteiger partial charge on any atom is -0.497 e. The molecule has 6 nitrogen and oxygen atoms in total. The lowest BCUT2D eigenvalue weighted by Gasteiger charge is -2.13. The predicted molar refractivity (Wildman–Crippen MR) is 78.1 cm³/mol. The van der Waals surface area contributed by atoms with Gasteiger partial charge in [0.15, 0.2) is 0 Å². The van der Waals surface area contributed by atoms with Gasteiger partial charge < -0.3 is 14.2 Å². The number of hydrogen-bond acceptors (Lipinski definition) is 5. The van der Waals surface area contributed by atoms with E-state index in [-0.39, 0.29) is 0 Å². The normalized spacial score (nSPS) is 11.0. The summed E-state index contributed by atoms with van der Waals surface area (Å²) in [7, 11) is 1.65. The standard InChI is InChI=1S/C15H21N3O3/c1-4-20-15(21-5-2)14-11-18(17-16-14)10-12-7-6-8-13(9-12)19-3/h6-9,11,15H,4-5,10H2,1-3H3. The monoisotopic (exact) mass is 291 g/mol. The second kappa shape index (κ2) is 7.75. The molecule has 0 aliphatic heterocycles. The van der Waals surface area contributed by atoms with Crippen molar-refractivity contribution >= 4 is 0 Å². The van der Waals surface area contributed by atoms with E-state index in [1.54, 1.807) is 11.8 Å². The molecule has 6 heteroatoms. The molecule has 0 atom stereocenters. The number of methoxy groups -OCH3 is 1. The highest BCUT2D eigenvalue weighted by Gasteiger charge is 2.15. The Labute approximate surface area is 124 Å². The summed E-state index contributed by atoms with van der Waals surface area (Å²) in [5, 5.41) is 8.24. The third-order valence-corrected chi connectivity index (χ3v) is 2.91. The topological polar surface area (TPSA) is 58.4 Å². The number of nitrogens with zero attached hydrogens (tertiary/aromatic N) is 3. The lowest BCUT2D eigenvalue weighted by Crippen LogP contribution is -2.09. The average Bonchev–Trinajstić information content (AvgIpc) is 2.95. The summed E-state index contributed by atoms with van der Waals surface area (Å²) in [5.74, 6) is 0.828. The Morgan fingerprint density at radius 2 is 1.95 bits per heavy atom. The number of aromatic nitrogens is 3. The summed E-state index contributed by atoms with van der Waals surface area (Å²) < 4.78 is 18.0. The molecule has 0 saturated carbocycles. The lowest BCUT2D eigenvalue weighted by molar-refractivity contribution is -0.142. The molecule has 0 bridgehead atoms. The number of ether oxygens (including phenoxy) is 3. The molecule has 114 valence electrons. The predicted octanol–water partition coefficient (Wildman–Crippen LogP) is 2.41. The van der Waals surface area contributed by atoms with E-state index in [1.807, 2.05) is 44.3 Å². The Balaban J connectivity index is 2.07. The van der Waals surface area contributed by atoms with Crippen LogP contribution in [0, 0.1) is 0 Å². The maximum absolute atomic E-state index is 5.51. The van der Waals surface area contributed by atoms with Crippen LogP contribution in [0.25, 0.3) is 0 Å². The smallest absolute Gasteiger partial charge is 0.204 e. The van der Waals surface area contributed by atoms with Gasteiger partial charge in [-0.1, -0.05) is 17.3 Å². The fraction of sp³-hybridized carbons (Fsp3) is 0.467. The summed E-state index contributed by atoms with van der Waals surface area (Å²) in [4.78, 5) is 0. The van der Waals surface area contributed by atoms with Crippen LogP contribution in [0.3, 0.4) is 0 Å². The van der Waals surface area contributed by atoms with Crippen molar-refractivity contribution in [2.75, 3.05) is 20.3 Å². The van der Waals surface area contributed by atoms with Crippen molar-refractivity contribution in [3.63, 3.8) is 0 Å². The van der Waals surface area contributed by atoms with Crippen LogP contribution in [0.15, 0.2) is 30.5 Å². The van der Waals surface area contributed by atoms with E-state index in [4.69, 9.17) is 14.2 Å². The van der Waals surface area contributed by atoms with Crippen LogP contribution in [0.4, 0.5) is 0 Å². The molecule has 2 rings (SSSR count). The highest BCUT2D eigenvalue weighted by molar-refractivity contribution is 5.28. The minimum atomic E-state index is -0.459. The van der Waals surface area contributed by atoms with Crippen LogP contribution in [0.2, 0.25) is 0 Å². The zero-order chi connectivity index (χ0) is 15.1. The van der Waals surface area contributed by atoms with Crippen LogP contribution in [-0.2, 0) is 16.0 Å². The highest BCUT2D eigenvalue weighted by Crippen LogP contribution is 2.17. The van der Waals surface area contributed by atoms with Crippen molar-refractivity contribution in [3.8, 4) is 5.75 Å². The molecule has 1 heterocycles. The Morgan fingerprint density at radius 1 is 1.19 bits per heavy atom. The summed E-state index contributed by atoms with van der Waals surface area (Å²) in [6.45, 7) is 5.59. The van der Waals surface area contributed by atoms with Gasteiger partial charge in [0.25, 0.3) is 0 Å². The van der Waals surface area contributed by atoms with Crippen molar-refractivity contribution in [1.82, 2.24) is 15.0 Å². The second-order valence-electron chi connectivity index (χ2n) is 4.44. The molecule has 0 fully saturated rings. The van der Waals surface area contributed by atoms with Crippen molar-refractivity contribution in [2.24, 2.45) is 0 Å². The Hall–Kier alpha value is -1.92. The van der Waals surface area contributed by atoms with Crippen molar-refractivity contribution < 1.29 is 14.2 Å². The van der Waals surface area contributed by atoms with Gasteiger partial charge >= 0.3 is 0 Å². The molecule has 0 radical (unpaired) electrons. The summed E-state index contributed by atoms with van der Waals surface area (Å²) in [6, 6.07) is 7.86. The fourth-order valence-corrected chi connectivity index (χ4v) is 1.98. The zero-order valence-electron chi connectivity index (χ0n) is 12.7. The first kappa shape index (κ1) is 15.5. The highest BCUT2D eigenvalue weighted by atomic mass is 16.7. The fourth-order valence-electron chi connectivity index (χ4n) is 1.98. The maximum atomic E-state index is 5.51.